The normalized spacial score (nSPS) is 23.7. The number of benzene rings is 1. The maximum atomic E-state index is 12.8. The van der Waals surface area contributed by atoms with Gasteiger partial charge in [-0.1, -0.05) is 29.8 Å². The number of nitrogens with zero attached hydrogens (tertiary/aromatic N) is 5. The molecule has 3 aliphatic heterocycles. The van der Waals surface area contributed by atoms with Crippen molar-refractivity contribution in [2.75, 3.05) is 46.4 Å². The van der Waals surface area contributed by atoms with Crippen LogP contribution in [-0.4, -0.2) is 102 Å². The third-order valence-electron chi connectivity index (χ3n) is 6.18. The molecule has 0 aromatic heterocycles. The van der Waals surface area contributed by atoms with Crippen LogP contribution in [0.15, 0.2) is 29.3 Å². The maximum Gasteiger partial charge on any atom is 0.409 e. The molecule has 2 atom stereocenters. The number of aryl methyl sites for hydroxylation is 1. The first-order valence-electron chi connectivity index (χ1n) is 11.0. The van der Waals surface area contributed by atoms with Gasteiger partial charge in [0.1, 0.15) is 5.84 Å². The summed E-state index contributed by atoms with van der Waals surface area (Å²) in [7, 11) is 1.66. The van der Waals surface area contributed by atoms with Crippen molar-refractivity contribution in [1.29, 1.82) is 0 Å². The Kier molecular flexibility index (Phi) is 6.31. The van der Waals surface area contributed by atoms with Crippen LogP contribution in [0.5, 0.6) is 0 Å². The largest absolute Gasteiger partial charge is 0.450 e. The van der Waals surface area contributed by atoms with E-state index in [2.05, 4.69) is 10.2 Å². The number of ether oxygens (including phenoxy) is 1. The van der Waals surface area contributed by atoms with Crippen LogP contribution < -0.4 is 5.32 Å². The number of piperazine rings is 1. The highest BCUT2D eigenvalue weighted by molar-refractivity contribution is 6.04. The van der Waals surface area contributed by atoms with Gasteiger partial charge in [0.05, 0.1) is 13.2 Å². The minimum atomic E-state index is -0.560. The van der Waals surface area contributed by atoms with Crippen LogP contribution in [-0.2, 0) is 16.1 Å². The lowest BCUT2D eigenvalue weighted by Gasteiger charge is -2.38. The van der Waals surface area contributed by atoms with Gasteiger partial charge in [-0.3, -0.25) is 15.0 Å². The summed E-state index contributed by atoms with van der Waals surface area (Å²) in [4.78, 5) is 49.1. The molecule has 0 bridgehead atoms. The molecular weight excluding hydrogens is 412 g/mol. The molecule has 32 heavy (non-hydrogen) atoms. The third kappa shape index (κ3) is 4.40. The van der Waals surface area contributed by atoms with Crippen molar-refractivity contribution < 1.29 is 19.1 Å². The van der Waals surface area contributed by atoms with E-state index in [-0.39, 0.29) is 12.0 Å². The van der Waals surface area contributed by atoms with E-state index < -0.39 is 18.2 Å². The topological polar surface area (TPSA) is 97.8 Å². The summed E-state index contributed by atoms with van der Waals surface area (Å²) in [5, 5.41) is 2.44. The summed E-state index contributed by atoms with van der Waals surface area (Å²) in [6, 6.07) is 7.20. The molecule has 0 saturated carbocycles. The summed E-state index contributed by atoms with van der Waals surface area (Å²) < 4.78 is 5.09. The van der Waals surface area contributed by atoms with Gasteiger partial charge in [0.25, 0.3) is 5.91 Å². The second-order valence-electron chi connectivity index (χ2n) is 8.38. The third-order valence-corrected chi connectivity index (χ3v) is 6.18. The van der Waals surface area contributed by atoms with Crippen LogP contribution >= 0.6 is 0 Å². The van der Waals surface area contributed by atoms with Crippen molar-refractivity contribution in [3.8, 4) is 0 Å². The number of aliphatic imine (C=N–C) groups is 1. The zero-order valence-corrected chi connectivity index (χ0v) is 18.8. The van der Waals surface area contributed by atoms with Crippen molar-refractivity contribution in [2.24, 2.45) is 4.99 Å². The molecule has 1 N–H and O–H groups in total. The number of fused-ring (bicyclic) bond motifs is 1. The average Bonchev–Trinajstić information content (AvgIpc) is 3.13. The lowest BCUT2D eigenvalue weighted by atomic mass is 10.1. The zero-order valence-electron chi connectivity index (χ0n) is 18.8. The fourth-order valence-electron chi connectivity index (χ4n) is 4.30. The number of likely N-dealkylation sites (N-methyl/N-ethyl adjacent to an activating group) is 1. The van der Waals surface area contributed by atoms with E-state index in [4.69, 9.17) is 9.73 Å². The molecule has 0 aliphatic carbocycles. The molecule has 10 nitrogen and oxygen atoms in total. The van der Waals surface area contributed by atoms with E-state index in [1.54, 1.807) is 18.9 Å². The van der Waals surface area contributed by atoms with Gasteiger partial charge in [-0.15, -0.1) is 0 Å². The molecule has 4 amide bonds. The Hall–Kier alpha value is -3.14. The standard InChI is InChI=1S/C22H30N6O4/c1-4-32-22(31)27-11-9-26(10-12-27)14-17-23-19-18(20(29)24-21(30)25(19)3)28(17)13-16-7-5-15(2)6-8-16/h5-8,18-19H,4,9-14H2,1-3H3,(H,24,29,30). The number of amides is 4. The highest BCUT2D eigenvalue weighted by Crippen LogP contribution is 2.26. The lowest BCUT2D eigenvalue weighted by molar-refractivity contribution is -0.127. The van der Waals surface area contributed by atoms with Crippen LogP contribution in [0.25, 0.3) is 0 Å². The summed E-state index contributed by atoms with van der Waals surface area (Å²) in [5.41, 5.74) is 2.24. The predicted octanol–water partition coefficient (Wildman–Crippen LogP) is 0.860. The molecule has 3 aliphatic rings. The molecule has 1 aromatic carbocycles. The van der Waals surface area contributed by atoms with E-state index >= 15 is 0 Å². The Bertz CT molecular complexity index is 910. The highest BCUT2D eigenvalue weighted by atomic mass is 16.6. The smallest absolute Gasteiger partial charge is 0.409 e. The van der Waals surface area contributed by atoms with Gasteiger partial charge in [0, 0.05) is 39.8 Å². The zero-order chi connectivity index (χ0) is 22.8. The van der Waals surface area contributed by atoms with E-state index in [0.717, 1.165) is 11.4 Å². The van der Waals surface area contributed by atoms with E-state index in [9.17, 15) is 14.4 Å². The second kappa shape index (κ2) is 9.15. The van der Waals surface area contributed by atoms with E-state index in [1.165, 1.54) is 10.5 Å². The van der Waals surface area contributed by atoms with Gasteiger partial charge in [0.15, 0.2) is 12.2 Å². The SMILES string of the molecule is CCOC(=O)N1CCN(CC2=NC3C(C(=O)NC(=O)N3C)N2Cc2ccc(C)cc2)CC1. The Morgan fingerprint density at radius 2 is 1.81 bits per heavy atom. The number of carbonyl (C=O) groups is 3. The van der Waals surface area contributed by atoms with Gasteiger partial charge in [0.2, 0.25) is 0 Å². The number of urea groups is 1. The van der Waals surface area contributed by atoms with Crippen LogP contribution in [0.3, 0.4) is 0 Å². The van der Waals surface area contributed by atoms with Gasteiger partial charge >= 0.3 is 12.1 Å². The van der Waals surface area contributed by atoms with E-state index in [0.29, 0.717) is 45.9 Å². The molecule has 0 radical (unpaired) electrons. The molecule has 2 fully saturated rings. The van der Waals surface area contributed by atoms with Crippen molar-refractivity contribution in [2.45, 2.75) is 32.6 Å². The summed E-state index contributed by atoms with van der Waals surface area (Å²) in [5.74, 6) is 0.456. The molecule has 4 rings (SSSR count). The Balaban J connectivity index is 1.50. The van der Waals surface area contributed by atoms with Crippen molar-refractivity contribution in [3.63, 3.8) is 0 Å². The predicted molar refractivity (Wildman–Crippen MR) is 118 cm³/mol. The first-order chi connectivity index (χ1) is 15.4. The number of amidine groups is 1. The van der Waals surface area contributed by atoms with E-state index in [1.807, 2.05) is 36.1 Å². The Morgan fingerprint density at radius 3 is 2.47 bits per heavy atom. The quantitative estimate of drug-likeness (QED) is 0.727. The summed E-state index contributed by atoms with van der Waals surface area (Å²) in [6.07, 6.45) is -0.827. The average molecular weight is 443 g/mol. The Labute approximate surface area is 187 Å². The first-order valence-corrected chi connectivity index (χ1v) is 11.0. The van der Waals surface area contributed by atoms with Gasteiger partial charge in [-0.2, -0.15) is 0 Å². The van der Waals surface area contributed by atoms with Crippen molar-refractivity contribution in [3.05, 3.63) is 35.4 Å². The highest BCUT2D eigenvalue weighted by Gasteiger charge is 2.48. The fourth-order valence-corrected chi connectivity index (χ4v) is 4.30. The minimum Gasteiger partial charge on any atom is -0.450 e. The van der Waals surface area contributed by atoms with Gasteiger partial charge in [-0.05, 0) is 19.4 Å². The number of nitrogens with one attached hydrogen (secondary N) is 1. The molecule has 0 spiro atoms. The van der Waals surface area contributed by atoms with Crippen LogP contribution in [0.2, 0.25) is 0 Å². The molecule has 2 unspecified atom stereocenters. The number of carbonyl (C=O) groups excluding carboxylic acids is 3. The molecule has 3 heterocycles. The molecule has 1 aromatic rings. The monoisotopic (exact) mass is 442 g/mol. The number of rotatable bonds is 5. The second-order valence-corrected chi connectivity index (χ2v) is 8.38. The molecular formula is C22H30N6O4. The minimum absolute atomic E-state index is 0.283. The molecule has 172 valence electrons. The Morgan fingerprint density at radius 1 is 1.12 bits per heavy atom. The van der Waals surface area contributed by atoms with Crippen molar-refractivity contribution >= 4 is 23.9 Å². The number of hydrogen-bond donors (Lipinski definition) is 1. The van der Waals surface area contributed by atoms with Crippen LogP contribution in [0, 0.1) is 6.92 Å². The summed E-state index contributed by atoms with van der Waals surface area (Å²) >= 11 is 0. The van der Waals surface area contributed by atoms with Gasteiger partial charge in [-0.25, -0.2) is 14.6 Å². The lowest BCUT2D eigenvalue weighted by Crippen LogP contribution is -2.63. The maximum absolute atomic E-state index is 12.8. The van der Waals surface area contributed by atoms with Crippen molar-refractivity contribution in [1.82, 2.24) is 24.9 Å². The van der Waals surface area contributed by atoms with Gasteiger partial charge < -0.3 is 19.4 Å². The number of hydrogen-bond acceptors (Lipinski definition) is 7. The molecule has 2 saturated heterocycles. The first kappa shape index (κ1) is 22.1. The fraction of sp³-hybridized carbons (Fsp3) is 0.545. The molecule has 10 heteroatoms. The number of imide groups is 1. The summed E-state index contributed by atoms with van der Waals surface area (Å²) in [6.45, 7) is 7.80. The van der Waals surface area contributed by atoms with Crippen LogP contribution in [0.4, 0.5) is 9.59 Å². The van der Waals surface area contributed by atoms with Crippen LogP contribution in [0.1, 0.15) is 18.1 Å².